The van der Waals surface area contributed by atoms with Crippen molar-refractivity contribution in [2.24, 2.45) is 17.8 Å². The summed E-state index contributed by atoms with van der Waals surface area (Å²) in [4.78, 5) is 12.4. The monoisotopic (exact) mass is 478 g/mol. The van der Waals surface area contributed by atoms with Crippen molar-refractivity contribution in [2.45, 2.75) is 66.0 Å². The highest BCUT2D eigenvalue weighted by Crippen LogP contribution is 2.35. The maximum absolute atomic E-state index is 12.4. The molecule has 0 radical (unpaired) electrons. The van der Waals surface area contributed by atoms with Gasteiger partial charge in [0.2, 0.25) is 5.91 Å². The molecule has 0 unspecified atom stereocenters. The fourth-order valence-corrected chi connectivity index (χ4v) is 4.45. The van der Waals surface area contributed by atoms with Gasteiger partial charge < -0.3 is 15.8 Å². The Morgan fingerprint density at radius 3 is 2.29 bits per heavy atom. The van der Waals surface area contributed by atoms with Gasteiger partial charge in [0.15, 0.2) is 0 Å². The van der Waals surface area contributed by atoms with Crippen LogP contribution >= 0.6 is 0 Å². The van der Waals surface area contributed by atoms with Crippen LogP contribution < -0.4 is 15.8 Å². The highest BCUT2D eigenvalue weighted by molar-refractivity contribution is 5.92. The van der Waals surface area contributed by atoms with Crippen LogP contribution in [0.15, 0.2) is 36.4 Å². The zero-order chi connectivity index (χ0) is 25.5. The van der Waals surface area contributed by atoms with Gasteiger partial charge in [0.25, 0.3) is 0 Å². The van der Waals surface area contributed by atoms with Gasteiger partial charge in [-0.05, 0) is 80.2 Å². The molecule has 1 aliphatic carbocycles. The van der Waals surface area contributed by atoms with Crippen molar-refractivity contribution < 1.29 is 22.7 Å². The van der Waals surface area contributed by atoms with E-state index < -0.39 is 11.7 Å². The number of aryl methyl sites for hydroxylation is 1. The van der Waals surface area contributed by atoms with Gasteiger partial charge in [-0.3, -0.25) is 4.79 Å². The molecular formula is C27H37F3N2O2. The van der Waals surface area contributed by atoms with Crippen LogP contribution in [0.2, 0.25) is 0 Å². The number of hydrogen-bond acceptors (Lipinski definition) is 3. The first-order chi connectivity index (χ1) is 16.0. The molecule has 3 N–H and O–H groups in total. The van der Waals surface area contributed by atoms with E-state index in [-0.39, 0.29) is 23.1 Å². The number of carbonyl (C=O) groups is 1. The average Bonchev–Trinajstić information content (AvgIpc) is 2.80. The van der Waals surface area contributed by atoms with E-state index in [0.29, 0.717) is 6.42 Å². The first-order valence-corrected chi connectivity index (χ1v) is 11.9. The topological polar surface area (TPSA) is 64.3 Å². The third-order valence-corrected chi connectivity index (χ3v) is 6.63. The van der Waals surface area contributed by atoms with Crippen LogP contribution in [0.3, 0.4) is 0 Å². The molecule has 3 rings (SSSR count). The number of rotatable bonds is 5. The van der Waals surface area contributed by atoms with Gasteiger partial charge in [-0.2, -0.15) is 13.2 Å². The van der Waals surface area contributed by atoms with Crippen LogP contribution in [-0.4, -0.2) is 13.0 Å². The fourth-order valence-electron chi connectivity index (χ4n) is 4.45. The Morgan fingerprint density at radius 1 is 1.15 bits per heavy atom. The molecule has 1 fully saturated rings. The van der Waals surface area contributed by atoms with Gasteiger partial charge in [-0.25, -0.2) is 0 Å². The van der Waals surface area contributed by atoms with E-state index >= 15 is 0 Å². The van der Waals surface area contributed by atoms with Gasteiger partial charge in [0, 0.05) is 23.4 Å². The summed E-state index contributed by atoms with van der Waals surface area (Å²) in [5.41, 5.74) is 7.08. The quantitative estimate of drug-likeness (QED) is 0.445. The van der Waals surface area contributed by atoms with Crippen LogP contribution in [0.25, 0.3) is 0 Å². The van der Waals surface area contributed by atoms with Gasteiger partial charge in [0.05, 0.1) is 12.7 Å². The smallest absolute Gasteiger partial charge is 0.416 e. The second-order valence-electron chi connectivity index (χ2n) is 9.25. The first kappa shape index (κ1) is 27.5. The number of alkyl halides is 3. The second kappa shape index (κ2) is 12.1. The molecule has 1 aliphatic rings. The largest absolute Gasteiger partial charge is 0.496 e. The molecule has 1 amide bonds. The third kappa shape index (κ3) is 7.40. The minimum absolute atomic E-state index is 0.156. The molecule has 1 saturated carbocycles. The van der Waals surface area contributed by atoms with Gasteiger partial charge in [-0.1, -0.05) is 32.9 Å². The Labute approximate surface area is 201 Å². The zero-order valence-corrected chi connectivity index (χ0v) is 20.8. The van der Waals surface area contributed by atoms with E-state index in [4.69, 9.17) is 10.5 Å². The van der Waals surface area contributed by atoms with Gasteiger partial charge in [0.1, 0.15) is 5.75 Å². The van der Waals surface area contributed by atoms with Crippen molar-refractivity contribution in [2.75, 3.05) is 18.2 Å². The molecule has 0 saturated heterocycles. The third-order valence-electron chi connectivity index (χ3n) is 6.63. The van der Waals surface area contributed by atoms with Gasteiger partial charge in [-0.15, -0.1) is 0 Å². The summed E-state index contributed by atoms with van der Waals surface area (Å²) in [5.74, 6) is 2.65. The standard InChI is InChI=1S/C18H27NO2.C9H10F3N/c1-12(2)14-6-8-15(9-7-14)18(20)19-16-10-5-13(3)17(11-16)21-4;1-2-6-7(9(10,11)12)4-3-5-8(6)13/h5,10-12,14-15H,6-9H2,1-4H3,(H,19,20);3-5H,2,13H2,1H3. The number of nitrogens with one attached hydrogen (secondary N) is 1. The Balaban J connectivity index is 0.000000270. The minimum atomic E-state index is -4.30. The second-order valence-corrected chi connectivity index (χ2v) is 9.25. The van der Waals surface area contributed by atoms with E-state index in [9.17, 15) is 18.0 Å². The molecule has 0 aromatic heterocycles. The Kier molecular flexibility index (Phi) is 9.83. The number of carbonyl (C=O) groups excluding carboxylic acids is 1. The summed E-state index contributed by atoms with van der Waals surface area (Å²) in [6.07, 6.45) is 0.359. The zero-order valence-electron chi connectivity index (χ0n) is 20.8. The summed E-state index contributed by atoms with van der Waals surface area (Å²) in [6.45, 7) is 8.21. The lowest BCUT2D eigenvalue weighted by Gasteiger charge is -2.30. The van der Waals surface area contributed by atoms with Crippen molar-refractivity contribution in [3.63, 3.8) is 0 Å². The number of hydrogen-bond donors (Lipinski definition) is 2. The van der Waals surface area contributed by atoms with Crippen LogP contribution in [0.1, 0.15) is 63.1 Å². The molecule has 2 aromatic carbocycles. The molecule has 0 atom stereocenters. The summed E-state index contributed by atoms with van der Waals surface area (Å²) < 4.78 is 42.4. The summed E-state index contributed by atoms with van der Waals surface area (Å²) in [6, 6.07) is 9.66. The lowest BCUT2D eigenvalue weighted by atomic mass is 9.76. The average molecular weight is 479 g/mol. The highest BCUT2D eigenvalue weighted by Gasteiger charge is 2.33. The molecule has 2 aromatic rings. The van der Waals surface area contributed by atoms with Crippen LogP contribution in [-0.2, 0) is 17.4 Å². The predicted molar refractivity (Wildman–Crippen MR) is 132 cm³/mol. The number of anilines is 2. The van der Waals surface area contributed by atoms with Crippen molar-refractivity contribution in [3.8, 4) is 5.75 Å². The van der Waals surface area contributed by atoms with Crippen molar-refractivity contribution in [1.82, 2.24) is 0 Å². The number of nitrogens with two attached hydrogens (primary N) is 1. The molecule has 0 spiro atoms. The maximum atomic E-state index is 12.4. The van der Waals surface area contributed by atoms with E-state index in [1.54, 1.807) is 14.0 Å². The number of methoxy groups -OCH3 is 1. The Morgan fingerprint density at radius 2 is 1.79 bits per heavy atom. The molecule has 4 nitrogen and oxygen atoms in total. The summed E-state index contributed by atoms with van der Waals surface area (Å²) in [5, 5.41) is 3.04. The van der Waals surface area contributed by atoms with Gasteiger partial charge >= 0.3 is 6.18 Å². The van der Waals surface area contributed by atoms with Crippen molar-refractivity contribution >= 4 is 17.3 Å². The van der Waals surface area contributed by atoms with E-state index in [2.05, 4.69) is 19.2 Å². The number of nitrogen functional groups attached to an aromatic ring is 1. The number of benzene rings is 2. The van der Waals surface area contributed by atoms with E-state index in [0.717, 1.165) is 47.7 Å². The maximum Gasteiger partial charge on any atom is 0.416 e. The number of halogens is 3. The van der Waals surface area contributed by atoms with E-state index in [1.165, 1.54) is 25.0 Å². The molecule has 0 bridgehead atoms. The predicted octanol–water partition coefficient (Wildman–Crippen LogP) is 7.25. The molecule has 188 valence electrons. The normalized spacial score (nSPS) is 18.1. The lowest BCUT2D eigenvalue weighted by molar-refractivity contribution is -0.138. The molecule has 0 aliphatic heterocycles. The molecule has 0 heterocycles. The molecule has 34 heavy (non-hydrogen) atoms. The fraction of sp³-hybridized carbons (Fsp3) is 0.519. The SMILES string of the molecule is CCc1c(N)cccc1C(F)(F)F.COc1cc(NC(=O)C2CCC(C(C)C)CC2)ccc1C. The summed E-state index contributed by atoms with van der Waals surface area (Å²) >= 11 is 0. The van der Waals surface area contributed by atoms with Crippen molar-refractivity contribution in [3.05, 3.63) is 53.1 Å². The lowest BCUT2D eigenvalue weighted by Crippen LogP contribution is -2.28. The highest BCUT2D eigenvalue weighted by atomic mass is 19.4. The molecular weight excluding hydrogens is 441 g/mol. The van der Waals surface area contributed by atoms with E-state index in [1.807, 2.05) is 25.1 Å². The number of amides is 1. The van der Waals surface area contributed by atoms with Crippen LogP contribution in [0, 0.1) is 24.7 Å². The van der Waals surface area contributed by atoms with Crippen LogP contribution in [0.4, 0.5) is 24.5 Å². The van der Waals surface area contributed by atoms with Crippen LogP contribution in [0.5, 0.6) is 5.75 Å². The number of ether oxygens (including phenoxy) is 1. The minimum Gasteiger partial charge on any atom is -0.496 e. The van der Waals surface area contributed by atoms with Crippen molar-refractivity contribution in [1.29, 1.82) is 0 Å². The Bertz CT molecular complexity index is 949. The summed E-state index contributed by atoms with van der Waals surface area (Å²) in [7, 11) is 1.65. The molecule has 7 heteroatoms. The Hall–Kier alpha value is -2.70. The first-order valence-electron chi connectivity index (χ1n) is 11.9.